The van der Waals surface area contributed by atoms with Crippen LogP contribution in [0.5, 0.6) is 0 Å². The summed E-state index contributed by atoms with van der Waals surface area (Å²) < 4.78 is 0. The van der Waals surface area contributed by atoms with E-state index in [9.17, 15) is 0 Å². The van der Waals surface area contributed by atoms with E-state index in [-0.39, 0.29) is 0 Å². The summed E-state index contributed by atoms with van der Waals surface area (Å²) in [6.07, 6.45) is 0. The first-order valence-electron chi connectivity index (χ1n) is 5.48. The minimum atomic E-state index is 0.389. The number of aromatic nitrogens is 2. The highest BCUT2D eigenvalue weighted by Crippen LogP contribution is 2.16. The summed E-state index contributed by atoms with van der Waals surface area (Å²) in [5.74, 6) is 1.41. The van der Waals surface area contributed by atoms with Gasteiger partial charge in [-0.2, -0.15) is 0 Å². The molecule has 0 saturated heterocycles. The molecule has 1 aromatic heterocycles. The van der Waals surface area contributed by atoms with Crippen LogP contribution >= 0.6 is 15.9 Å². The maximum absolute atomic E-state index is 4.49. The minimum absolute atomic E-state index is 0.389. The third kappa shape index (κ3) is 2.38. The van der Waals surface area contributed by atoms with E-state index in [1.165, 1.54) is 0 Å². The Balaban J connectivity index is 2.15. The Labute approximate surface area is 104 Å². The van der Waals surface area contributed by atoms with Crippen LogP contribution in [0, 0.1) is 5.92 Å². The summed E-state index contributed by atoms with van der Waals surface area (Å²) in [7, 11) is 0. The number of H-pyrrole nitrogens is 1. The first-order valence-corrected chi connectivity index (χ1v) is 6.60. The zero-order valence-electron chi connectivity index (χ0n) is 9.50. The number of para-hydroxylation sites is 2. The Morgan fingerprint density at radius 1 is 1.38 bits per heavy atom. The van der Waals surface area contributed by atoms with Crippen LogP contribution in [-0.4, -0.2) is 21.3 Å². The highest BCUT2D eigenvalue weighted by molar-refractivity contribution is 9.09. The number of nitrogens with one attached hydrogen (secondary N) is 2. The Bertz CT molecular complexity index is 433. The van der Waals surface area contributed by atoms with Crippen molar-refractivity contribution in [1.29, 1.82) is 0 Å². The molecule has 2 atom stereocenters. The van der Waals surface area contributed by atoms with Gasteiger partial charge in [0.05, 0.1) is 11.0 Å². The molecule has 0 aliphatic carbocycles. The second kappa shape index (κ2) is 4.87. The van der Waals surface area contributed by atoms with E-state index in [2.05, 4.69) is 45.1 Å². The summed E-state index contributed by atoms with van der Waals surface area (Å²) in [5.41, 5.74) is 2.08. The predicted molar refractivity (Wildman–Crippen MR) is 72.1 cm³/mol. The van der Waals surface area contributed by atoms with Gasteiger partial charge in [0.15, 0.2) is 0 Å². The molecular weight excluding hydrogens is 266 g/mol. The number of benzene rings is 1. The molecule has 0 saturated carbocycles. The lowest BCUT2D eigenvalue weighted by molar-refractivity contribution is 0.569. The van der Waals surface area contributed by atoms with Gasteiger partial charge in [-0.3, -0.25) is 0 Å². The van der Waals surface area contributed by atoms with Gasteiger partial charge in [0.2, 0.25) is 5.95 Å². The third-order valence-corrected chi connectivity index (χ3v) is 3.87. The van der Waals surface area contributed by atoms with E-state index in [1.807, 2.05) is 24.3 Å². The molecule has 0 radical (unpaired) electrons. The molecule has 1 heterocycles. The van der Waals surface area contributed by atoms with Crippen LogP contribution in [0.15, 0.2) is 24.3 Å². The molecule has 0 bridgehead atoms. The molecule has 0 aliphatic heterocycles. The van der Waals surface area contributed by atoms with Crippen LogP contribution in [0.3, 0.4) is 0 Å². The van der Waals surface area contributed by atoms with Crippen molar-refractivity contribution in [3.8, 4) is 0 Å². The molecule has 2 unspecified atom stereocenters. The van der Waals surface area contributed by atoms with Gasteiger partial charge in [0.25, 0.3) is 0 Å². The van der Waals surface area contributed by atoms with Crippen LogP contribution < -0.4 is 5.32 Å². The summed E-state index contributed by atoms with van der Waals surface area (Å²) in [6, 6.07) is 8.44. The van der Waals surface area contributed by atoms with Crippen molar-refractivity contribution >= 4 is 32.9 Å². The van der Waals surface area contributed by atoms with E-state index in [0.29, 0.717) is 12.0 Å². The van der Waals surface area contributed by atoms with Crippen LogP contribution in [0.4, 0.5) is 5.95 Å². The van der Waals surface area contributed by atoms with Crippen molar-refractivity contribution < 1.29 is 0 Å². The van der Waals surface area contributed by atoms with Gasteiger partial charge in [-0.05, 0) is 25.0 Å². The lowest BCUT2D eigenvalue weighted by atomic mass is 10.1. The van der Waals surface area contributed by atoms with Gasteiger partial charge >= 0.3 is 0 Å². The summed E-state index contributed by atoms with van der Waals surface area (Å²) >= 11 is 3.49. The van der Waals surface area contributed by atoms with Gasteiger partial charge in [-0.1, -0.05) is 35.0 Å². The highest BCUT2D eigenvalue weighted by Gasteiger charge is 2.12. The fraction of sp³-hybridized carbons (Fsp3) is 0.417. The first kappa shape index (κ1) is 11.5. The lowest BCUT2D eigenvalue weighted by Crippen LogP contribution is -2.25. The van der Waals surface area contributed by atoms with Crippen LogP contribution in [0.1, 0.15) is 13.8 Å². The number of rotatable bonds is 4. The number of alkyl halides is 1. The molecule has 2 aromatic rings. The average Bonchev–Trinajstić information content (AvgIpc) is 2.69. The summed E-state index contributed by atoms with van der Waals surface area (Å²) in [6.45, 7) is 4.37. The first-order chi connectivity index (χ1) is 7.70. The molecule has 86 valence electrons. The van der Waals surface area contributed by atoms with Gasteiger partial charge in [-0.25, -0.2) is 4.98 Å². The second-order valence-corrected chi connectivity index (χ2v) is 4.81. The smallest absolute Gasteiger partial charge is 0.201 e. The topological polar surface area (TPSA) is 40.7 Å². The molecule has 0 amide bonds. The zero-order chi connectivity index (χ0) is 11.5. The summed E-state index contributed by atoms with van der Waals surface area (Å²) in [4.78, 5) is 7.76. The predicted octanol–water partition coefficient (Wildman–Crippen LogP) is 3.39. The Morgan fingerprint density at radius 2 is 2.12 bits per heavy atom. The van der Waals surface area contributed by atoms with Crippen molar-refractivity contribution in [2.45, 2.75) is 19.9 Å². The largest absolute Gasteiger partial charge is 0.353 e. The molecule has 16 heavy (non-hydrogen) atoms. The maximum atomic E-state index is 4.49. The highest BCUT2D eigenvalue weighted by atomic mass is 79.9. The third-order valence-electron chi connectivity index (χ3n) is 2.85. The van der Waals surface area contributed by atoms with Crippen molar-refractivity contribution in [2.24, 2.45) is 5.92 Å². The number of aromatic amines is 1. The Morgan fingerprint density at radius 3 is 2.81 bits per heavy atom. The molecule has 2 N–H and O–H groups in total. The molecule has 2 rings (SSSR count). The quantitative estimate of drug-likeness (QED) is 0.844. The number of anilines is 1. The maximum Gasteiger partial charge on any atom is 0.201 e. The Kier molecular flexibility index (Phi) is 3.49. The standard InChI is InChI=1S/C12H16BrN3/c1-8(7-13)9(2)14-12-15-10-5-3-4-6-11(10)16-12/h3-6,8-9H,7H2,1-2H3,(H2,14,15,16). The van der Waals surface area contributed by atoms with Crippen molar-refractivity contribution in [3.05, 3.63) is 24.3 Å². The molecule has 1 aromatic carbocycles. The van der Waals surface area contributed by atoms with Crippen molar-refractivity contribution in [3.63, 3.8) is 0 Å². The van der Waals surface area contributed by atoms with Gasteiger partial charge in [0, 0.05) is 11.4 Å². The molecular formula is C12H16BrN3. The molecule has 4 heteroatoms. The van der Waals surface area contributed by atoms with Gasteiger partial charge in [-0.15, -0.1) is 0 Å². The molecule has 0 spiro atoms. The van der Waals surface area contributed by atoms with Gasteiger partial charge < -0.3 is 10.3 Å². The SMILES string of the molecule is CC(CBr)C(C)Nc1nc2ccccc2[nH]1. The van der Waals surface area contributed by atoms with E-state index < -0.39 is 0 Å². The Hall–Kier alpha value is -1.03. The van der Waals surface area contributed by atoms with Gasteiger partial charge in [0.1, 0.15) is 0 Å². The van der Waals surface area contributed by atoms with E-state index >= 15 is 0 Å². The number of nitrogens with zero attached hydrogens (tertiary/aromatic N) is 1. The van der Waals surface area contributed by atoms with Crippen LogP contribution in [0.2, 0.25) is 0 Å². The lowest BCUT2D eigenvalue weighted by Gasteiger charge is -2.18. The van der Waals surface area contributed by atoms with Crippen LogP contribution in [0.25, 0.3) is 11.0 Å². The second-order valence-electron chi connectivity index (χ2n) is 4.17. The number of imidazole rings is 1. The van der Waals surface area contributed by atoms with E-state index in [4.69, 9.17) is 0 Å². The normalized spacial score (nSPS) is 14.9. The van der Waals surface area contributed by atoms with Crippen LogP contribution in [-0.2, 0) is 0 Å². The fourth-order valence-electron chi connectivity index (χ4n) is 1.51. The fourth-order valence-corrected chi connectivity index (χ4v) is 2.07. The average molecular weight is 282 g/mol. The number of hydrogen-bond acceptors (Lipinski definition) is 2. The van der Waals surface area contributed by atoms with Crippen molar-refractivity contribution in [1.82, 2.24) is 9.97 Å². The van der Waals surface area contributed by atoms with Crippen molar-refractivity contribution in [2.75, 3.05) is 10.6 Å². The summed E-state index contributed by atoms with van der Waals surface area (Å²) in [5, 5.41) is 4.37. The minimum Gasteiger partial charge on any atom is -0.353 e. The molecule has 0 aliphatic rings. The number of fused-ring (bicyclic) bond motifs is 1. The number of hydrogen-bond donors (Lipinski definition) is 2. The van der Waals surface area contributed by atoms with E-state index in [1.54, 1.807) is 0 Å². The zero-order valence-corrected chi connectivity index (χ0v) is 11.1. The van der Waals surface area contributed by atoms with E-state index in [0.717, 1.165) is 22.3 Å². The molecule has 0 fully saturated rings. The number of halogens is 1. The molecule has 3 nitrogen and oxygen atoms in total. The monoisotopic (exact) mass is 281 g/mol.